The molecule has 2 heterocycles. The van der Waals surface area contributed by atoms with Crippen LogP contribution in [0.25, 0.3) is 30.6 Å². The van der Waals surface area contributed by atoms with Crippen LogP contribution in [0.1, 0.15) is 10.4 Å². The van der Waals surface area contributed by atoms with Crippen LogP contribution < -0.4 is 5.43 Å². The molecule has 112 valence electrons. The average Bonchev–Trinajstić information content (AvgIpc) is 3.09. The summed E-state index contributed by atoms with van der Waals surface area (Å²) in [5.74, 6) is -1.01. The van der Waals surface area contributed by atoms with Crippen molar-refractivity contribution in [2.24, 2.45) is 0 Å². The molecule has 1 N–H and O–H groups in total. The number of carboxylic acids is 1. The van der Waals surface area contributed by atoms with E-state index < -0.39 is 5.97 Å². The van der Waals surface area contributed by atoms with Crippen molar-refractivity contribution in [2.75, 3.05) is 0 Å². The quantitative estimate of drug-likeness (QED) is 0.532. The van der Waals surface area contributed by atoms with E-state index in [4.69, 9.17) is 0 Å². The Morgan fingerprint density at radius 3 is 2.61 bits per heavy atom. The molecule has 0 amide bonds. The molecular weight excluding hydrogens is 328 g/mol. The largest absolute Gasteiger partial charge is 0.478 e. The van der Waals surface area contributed by atoms with Gasteiger partial charge in [0.15, 0.2) is 5.43 Å². The first-order valence-corrected chi connectivity index (χ1v) is 8.61. The van der Waals surface area contributed by atoms with Gasteiger partial charge in [-0.3, -0.25) is 4.79 Å². The minimum Gasteiger partial charge on any atom is -0.478 e. The van der Waals surface area contributed by atoms with Crippen molar-refractivity contribution >= 4 is 48.8 Å². The number of thiophene rings is 1. The average molecular weight is 338 g/mol. The van der Waals surface area contributed by atoms with Crippen LogP contribution in [0.3, 0.4) is 0 Å². The first-order chi connectivity index (χ1) is 11.1. The highest BCUT2D eigenvalue weighted by Gasteiger charge is 2.14. The van der Waals surface area contributed by atoms with E-state index in [2.05, 4.69) is 0 Å². The first-order valence-electron chi connectivity index (χ1n) is 6.92. The summed E-state index contributed by atoms with van der Waals surface area (Å²) in [7, 11) is 0. The Morgan fingerprint density at radius 2 is 1.87 bits per heavy atom. The summed E-state index contributed by atoms with van der Waals surface area (Å²) in [4.78, 5) is 25.3. The van der Waals surface area contributed by atoms with Gasteiger partial charge in [-0.05, 0) is 41.3 Å². The van der Waals surface area contributed by atoms with E-state index in [0.29, 0.717) is 15.5 Å². The summed E-state index contributed by atoms with van der Waals surface area (Å²) < 4.78 is 1.33. The van der Waals surface area contributed by atoms with Crippen LogP contribution in [0.5, 0.6) is 0 Å². The molecule has 2 aromatic heterocycles. The SMILES string of the molecule is O=C(O)c1cccc2c(=O)c3cc(-c4cccs4)ccc3sc12. The van der Waals surface area contributed by atoms with Crippen molar-refractivity contribution in [2.45, 2.75) is 0 Å². The third-order valence-electron chi connectivity index (χ3n) is 3.73. The Balaban J connectivity index is 2.09. The highest BCUT2D eigenvalue weighted by molar-refractivity contribution is 7.25. The third kappa shape index (κ3) is 2.25. The Labute approximate surface area is 139 Å². The molecule has 0 aliphatic heterocycles. The van der Waals surface area contributed by atoms with Gasteiger partial charge in [0.2, 0.25) is 0 Å². The van der Waals surface area contributed by atoms with Gasteiger partial charge < -0.3 is 5.11 Å². The molecule has 0 saturated carbocycles. The highest BCUT2D eigenvalue weighted by atomic mass is 32.1. The van der Waals surface area contributed by atoms with E-state index in [9.17, 15) is 14.7 Å². The van der Waals surface area contributed by atoms with Gasteiger partial charge in [-0.1, -0.05) is 18.2 Å². The van der Waals surface area contributed by atoms with E-state index in [0.717, 1.165) is 15.1 Å². The maximum Gasteiger partial charge on any atom is 0.337 e. The molecule has 0 unspecified atom stereocenters. The zero-order chi connectivity index (χ0) is 16.0. The van der Waals surface area contributed by atoms with Crippen molar-refractivity contribution in [3.8, 4) is 10.4 Å². The van der Waals surface area contributed by atoms with Crippen molar-refractivity contribution < 1.29 is 9.90 Å². The van der Waals surface area contributed by atoms with Crippen LogP contribution in [-0.4, -0.2) is 11.1 Å². The topological polar surface area (TPSA) is 54.4 Å². The Hall–Kier alpha value is -2.50. The van der Waals surface area contributed by atoms with E-state index >= 15 is 0 Å². The Morgan fingerprint density at radius 1 is 1.00 bits per heavy atom. The summed E-state index contributed by atoms with van der Waals surface area (Å²) in [5.41, 5.74) is 1.06. The third-order valence-corrected chi connectivity index (χ3v) is 5.87. The van der Waals surface area contributed by atoms with Crippen LogP contribution in [0.4, 0.5) is 0 Å². The van der Waals surface area contributed by atoms with Gasteiger partial charge in [0.05, 0.1) is 10.3 Å². The van der Waals surface area contributed by atoms with Crippen molar-refractivity contribution in [1.29, 1.82) is 0 Å². The van der Waals surface area contributed by atoms with Gasteiger partial charge in [0.25, 0.3) is 0 Å². The maximum absolute atomic E-state index is 12.8. The van der Waals surface area contributed by atoms with Gasteiger partial charge >= 0.3 is 5.97 Å². The second-order valence-electron chi connectivity index (χ2n) is 5.11. The molecule has 4 aromatic rings. The molecule has 4 rings (SSSR count). The second kappa shape index (κ2) is 5.30. The number of benzene rings is 2. The predicted octanol–water partition coefficient (Wildman–Crippen LogP) is 4.84. The molecule has 0 aliphatic carbocycles. The number of hydrogen-bond acceptors (Lipinski definition) is 4. The van der Waals surface area contributed by atoms with Crippen LogP contribution >= 0.6 is 22.7 Å². The lowest BCUT2D eigenvalue weighted by Crippen LogP contribution is -2.04. The first kappa shape index (κ1) is 14.1. The molecule has 0 radical (unpaired) electrons. The molecule has 0 fully saturated rings. The van der Waals surface area contributed by atoms with Crippen LogP contribution in [0.15, 0.2) is 58.7 Å². The number of carbonyl (C=O) groups is 1. The second-order valence-corrected chi connectivity index (χ2v) is 7.11. The molecule has 3 nitrogen and oxygen atoms in total. The highest BCUT2D eigenvalue weighted by Crippen LogP contribution is 2.31. The number of fused-ring (bicyclic) bond motifs is 2. The van der Waals surface area contributed by atoms with E-state index in [-0.39, 0.29) is 11.0 Å². The lowest BCUT2D eigenvalue weighted by atomic mass is 10.1. The standard InChI is InChI=1S/C18H10O3S2/c19-16-11-3-1-4-12(18(20)21)17(11)23-15-7-6-10(9-13(15)16)14-5-2-8-22-14/h1-9H,(H,20,21). The molecule has 0 atom stereocenters. The smallest absolute Gasteiger partial charge is 0.337 e. The summed E-state index contributed by atoms with van der Waals surface area (Å²) in [6.45, 7) is 0. The number of aromatic carboxylic acids is 1. The summed E-state index contributed by atoms with van der Waals surface area (Å²) in [6.07, 6.45) is 0. The number of rotatable bonds is 2. The van der Waals surface area contributed by atoms with Crippen LogP contribution in [-0.2, 0) is 0 Å². The maximum atomic E-state index is 12.8. The van der Waals surface area contributed by atoms with Gasteiger partial charge in [0.1, 0.15) is 0 Å². The molecule has 0 bridgehead atoms. The molecule has 2 aromatic carbocycles. The van der Waals surface area contributed by atoms with Gasteiger partial charge in [-0.2, -0.15) is 0 Å². The lowest BCUT2D eigenvalue weighted by molar-refractivity contribution is 0.0699. The molecule has 23 heavy (non-hydrogen) atoms. The van der Waals surface area contributed by atoms with Crippen LogP contribution in [0.2, 0.25) is 0 Å². The minimum atomic E-state index is -1.01. The molecular formula is C18H10O3S2. The van der Waals surface area contributed by atoms with Crippen molar-refractivity contribution in [3.05, 3.63) is 69.7 Å². The molecule has 0 saturated heterocycles. The van der Waals surface area contributed by atoms with E-state index in [1.54, 1.807) is 23.5 Å². The fourth-order valence-electron chi connectivity index (χ4n) is 2.64. The monoisotopic (exact) mass is 338 g/mol. The fraction of sp³-hybridized carbons (Fsp3) is 0. The number of carboxylic acid groups (broad SMARTS) is 1. The zero-order valence-electron chi connectivity index (χ0n) is 11.8. The normalized spacial score (nSPS) is 11.1. The van der Waals surface area contributed by atoms with Gasteiger partial charge in [0, 0.05) is 20.3 Å². The Bertz CT molecular complexity index is 1110. The summed E-state index contributed by atoms with van der Waals surface area (Å²) in [6, 6.07) is 14.6. The fourth-order valence-corrected chi connectivity index (χ4v) is 4.52. The van der Waals surface area contributed by atoms with Gasteiger partial charge in [-0.15, -0.1) is 22.7 Å². The molecule has 5 heteroatoms. The summed E-state index contributed by atoms with van der Waals surface area (Å²) >= 11 is 2.97. The number of hydrogen-bond donors (Lipinski definition) is 1. The Kier molecular flexibility index (Phi) is 3.25. The zero-order valence-corrected chi connectivity index (χ0v) is 13.4. The lowest BCUT2D eigenvalue weighted by Gasteiger charge is -2.05. The van der Waals surface area contributed by atoms with Crippen molar-refractivity contribution in [3.63, 3.8) is 0 Å². The molecule has 0 spiro atoms. The van der Waals surface area contributed by atoms with Crippen LogP contribution in [0, 0.1) is 0 Å². The summed E-state index contributed by atoms with van der Waals surface area (Å²) in [5, 5.41) is 12.4. The van der Waals surface area contributed by atoms with E-state index in [1.165, 1.54) is 17.4 Å². The van der Waals surface area contributed by atoms with Gasteiger partial charge in [-0.25, -0.2) is 4.79 Å². The predicted molar refractivity (Wildman–Crippen MR) is 95.9 cm³/mol. The minimum absolute atomic E-state index is 0.116. The molecule has 0 aliphatic rings. The van der Waals surface area contributed by atoms with Crippen molar-refractivity contribution in [1.82, 2.24) is 0 Å². The van der Waals surface area contributed by atoms with E-state index in [1.807, 2.05) is 35.7 Å².